The van der Waals surface area contributed by atoms with Crippen molar-refractivity contribution in [3.63, 3.8) is 0 Å². The van der Waals surface area contributed by atoms with E-state index in [2.05, 4.69) is 33.7 Å². The maximum atomic E-state index is 11.5. The minimum atomic E-state index is -5.02. The molecular weight excluding hydrogens is 292 g/mol. The van der Waals surface area contributed by atoms with Gasteiger partial charge in [-0.25, -0.2) is 18.8 Å². The molecule has 11 heteroatoms. The van der Waals surface area contributed by atoms with E-state index < -0.39 is 19.3 Å². The lowest BCUT2D eigenvalue weighted by molar-refractivity contribution is -0.671. The molecule has 1 aromatic heterocycles. The third-order valence-electron chi connectivity index (χ3n) is 1.95. The average molecular weight is 305 g/mol. The maximum absolute atomic E-state index is 11.5. The predicted octanol–water partition coefficient (Wildman–Crippen LogP) is 0.265. The highest BCUT2D eigenvalue weighted by molar-refractivity contribution is 6.44. The Morgan fingerprint density at radius 3 is 2.29 bits per heavy atom. The molecule has 0 aliphatic carbocycles. The Bertz CT molecular complexity index is 495. The molecule has 1 aromatic rings. The van der Waals surface area contributed by atoms with Crippen molar-refractivity contribution >= 4 is 7.12 Å². The first-order chi connectivity index (χ1) is 9.74. The number of imidazole rings is 1. The summed E-state index contributed by atoms with van der Waals surface area (Å²) in [5.41, 5.74) is 0. The first-order valence-electron chi connectivity index (χ1n) is 5.61. The molecule has 0 radical (unpaired) electrons. The van der Waals surface area contributed by atoms with Gasteiger partial charge in [0.1, 0.15) is 24.5 Å². The summed E-state index contributed by atoms with van der Waals surface area (Å²) in [6, 6.07) is 2.34. The molecule has 0 spiro atoms. The molecule has 0 saturated heterocycles. The summed E-state index contributed by atoms with van der Waals surface area (Å²) in [7, 11) is -1.15. The molecule has 21 heavy (non-hydrogen) atoms. The number of rotatable bonds is 4. The molecule has 0 fully saturated rings. The van der Waals surface area contributed by atoms with Crippen LogP contribution in [0.2, 0.25) is 0 Å². The van der Waals surface area contributed by atoms with Crippen LogP contribution in [-0.2, 0) is 23.3 Å². The Kier molecular flexibility index (Phi) is 8.08. The van der Waals surface area contributed by atoms with Gasteiger partial charge in [0.2, 0.25) is 6.33 Å². The third kappa shape index (κ3) is 7.94. The fourth-order valence-electron chi connectivity index (χ4n) is 0.923. The molecule has 114 valence electrons. The largest absolute Gasteiger partial charge is 0.603 e. The summed E-state index contributed by atoms with van der Waals surface area (Å²) in [5, 5.41) is 24.1. The lowest BCUT2D eigenvalue weighted by Crippen LogP contribution is -2.37. The van der Waals surface area contributed by atoms with E-state index in [9.17, 15) is 13.2 Å². The van der Waals surface area contributed by atoms with Gasteiger partial charge in [-0.1, -0.05) is 0 Å². The second-order valence-electron chi connectivity index (χ2n) is 3.63. The molecule has 0 aliphatic heterocycles. The second-order valence-corrected chi connectivity index (χ2v) is 3.63. The first-order valence-corrected chi connectivity index (χ1v) is 5.61. The normalized spacial score (nSPS) is 10.3. The van der Waals surface area contributed by atoms with Gasteiger partial charge in [-0.15, -0.1) is 0 Å². The van der Waals surface area contributed by atoms with E-state index in [4.69, 9.17) is 15.5 Å². The molecule has 0 aromatic carbocycles. The van der Waals surface area contributed by atoms with E-state index in [1.54, 1.807) is 0 Å². The second kappa shape index (κ2) is 8.97. The first kappa shape index (κ1) is 18.9. The van der Waals surface area contributed by atoms with Gasteiger partial charge >= 0.3 is 13.2 Å². The summed E-state index contributed by atoms with van der Waals surface area (Å²) in [6.45, 7) is 3.18. The van der Waals surface area contributed by atoms with E-state index in [0.717, 1.165) is 6.54 Å². The van der Waals surface area contributed by atoms with Crippen molar-refractivity contribution in [3.05, 3.63) is 18.7 Å². The zero-order valence-corrected chi connectivity index (χ0v) is 11.3. The Labute approximate surface area is 119 Å². The zero-order valence-electron chi connectivity index (χ0n) is 11.3. The third-order valence-corrected chi connectivity index (χ3v) is 1.95. The molecule has 0 unspecified atom stereocenters. The van der Waals surface area contributed by atoms with Crippen LogP contribution in [0.25, 0.3) is 0 Å². The Hall–Kier alpha value is -2.08. The number of aromatic nitrogens is 2. The highest BCUT2D eigenvalue weighted by Crippen LogP contribution is 2.18. The number of aryl methyl sites for hydroxylation is 2. The van der Waals surface area contributed by atoms with Crippen LogP contribution in [0.4, 0.5) is 13.2 Å². The summed E-state index contributed by atoms with van der Waals surface area (Å²) in [4.78, 5) is 6.97. The van der Waals surface area contributed by atoms with Crippen LogP contribution in [0.15, 0.2) is 18.7 Å². The van der Waals surface area contributed by atoms with Crippen molar-refractivity contribution in [2.45, 2.75) is 25.6 Å². The summed E-state index contributed by atoms with van der Waals surface area (Å²) in [6.07, 6.45) is -0.684. The van der Waals surface area contributed by atoms with Gasteiger partial charge in [-0.3, -0.25) is 0 Å². The van der Waals surface area contributed by atoms with Crippen LogP contribution in [0.1, 0.15) is 6.92 Å². The van der Waals surface area contributed by atoms with Crippen LogP contribution < -0.4 is 4.57 Å². The van der Waals surface area contributed by atoms with Gasteiger partial charge in [-0.2, -0.15) is 23.7 Å². The van der Waals surface area contributed by atoms with Crippen LogP contribution >= 0.6 is 0 Å². The van der Waals surface area contributed by atoms with Crippen molar-refractivity contribution in [2.75, 3.05) is 0 Å². The van der Waals surface area contributed by atoms with Crippen molar-refractivity contribution in [2.24, 2.45) is 7.05 Å². The molecule has 1 rings (SSSR count). The number of hydrogen-bond acceptors (Lipinski definition) is 5. The van der Waals surface area contributed by atoms with Crippen LogP contribution in [-0.4, -0.2) is 28.9 Å². The Morgan fingerprint density at radius 1 is 1.43 bits per heavy atom. The molecule has 0 bridgehead atoms. The Morgan fingerprint density at radius 2 is 2.00 bits per heavy atom. The number of halogens is 3. The zero-order chi connectivity index (χ0) is 16.5. The van der Waals surface area contributed by atoms with Gasteiger partial charge in [0.15, 0.2) is 0 Å². The SMILES string of the molecule is CCn1cc[n+](C)c1.N#CC(C#N)OOB(O)C(F)(F)F. The topological polar surface area (TPSA) is 95.1 Å². The summed E-state index contributed by atoms with van der Waals surface area (Å²) >= 11 is 0. The maximum Gasteiger partial charge on any atom is 0.603 e. The lowest BCUT2D eigenvalue weighted by Gasteiger charge is -2.09. The minimum Gasteiger partial charge on any atom is -0.419 e. The highest BCUT2D eigenvalue weighted by Gasteiger charge is 2.48. The molecule has 0 saturated carbocycles. The monoisotopic (exact) mass is 305 g/mol. The van der Waals surface area contributed by atoms with Gasteiger partial charge in [-0.05, 0) is 6.92 Å². The van der Waals surface area contributed by atoms with Crippen LogP contribution in [0, 0.1) is 22.7 Å². The molecule has 0 amide bonds. The Balaban J connectivity index is 0.000000423. The van der Waals surface area contributed by atoms with Crippen molar-refractivity contribution in [1.29, 1.82) is 10.5 Å². The standard InChI is InChI=1S/C6H11N2.C4H2BF3N2O3/c1-3-8-5-4-7(2)6-8;6-4(7,8)5(11)13-12-3(1-9)2-10/h4-6H,3H2,1-2H3;3,11H/q+1;. The summed E-state index contributed by atoms with van der Waals surface area (Å²) < 4.78 is 38.6. The number of alkyl halides is 3. The minimum absolute atomic E-state index is 1.06. The van der Waals surface area contributed by atoms with E-state index in [1.807, 2.05) is 17.8 Å². The molecule has 0 aliphatic rings. The molecule has 7 nitrogen and oxygen atoms in total. The van der Waals surface area contributed by atoms with Crippen molar-refractivity contribution in [1.82, 2.24) is 4.57 Å². The molecule has 0 atom stereocenters. The van der Waals surface area contributed by atoms with E-state index in [0.29, 0.717) is 0 Å². The quantitative estimate of drug-likeness (QED) is 0.373. The smallest absolute Gasteiger partial charge is 0.419 e. The number of nitriles is 2. The van der Waals surface area contributed by atoms with Crippen LogP contribution in [0.5, 0.6) is 0 Å². The van der Waals surface area contributed by atoms with Gasteiger partial charge in [0.25, 0.3) is 6.10 Å². The van der Waals surface area contributed by atoms with Crippen molar-refractivity contribution < 1.29 is 32.5 Å². The molecule has 1 N–H and O–H groups in total. The van der Waals surface area contributed by atoms with Gasteiger partial charge in [0, 0.05) is 0 Å². The molecule has 1 heterocycles. The highest BCUT2D eigenvalue weighted by atomic mass is 19.4. The number of hydrogen-bond donors (Lipinski definition) is 1. The molecular formula is C10H13BF3N4O3+. The van der Waals surface area contributed by atoms with Gasteiger partial charge in [0.05, 0.1) is 13.6 Å². The fraction of sp³-hybridized carbons (Fsp3) is 0.500. The average Bonchev–Trinajstić information content (AvgIpc) is 2.85. The van der Waals surface area contributed by atoms with E-state index >= 15 is 0 Å². The lowest BCUT2D eigenvalue weighted by atomic mass is 9.91. The van der Waals surface area contributed by atoms with Crippen LogP contribution in [0.3, 0.4) is 0 Å². The van der Waals surface area contributed by atoms with Crippen molar-refractivity contribution in [3.8, 4) is 12.1 Å². The summed E-state index contributed by atoms with van der Waals surface area (Å²) in [5.74, 6) is 0. The van der Waals surface area contributed by atoms with E-state index in [-0.39, 0.29) is 0 Å². The number of nitrogens with zero attached hydrogens (tertiary/aromatic N) is 4. The fourth-order valence-corrected chi connectivity index (χ4v) is 0.923. The van der Waals surface area contributed by atoms with Gasteiger partial charge < -0.3 is 5.02 Å². The predicted molar refractivity (Wildman–Crippen MR) is 62.5 cm³/mol. The van der Waals surface area contributed by atoms with E-state index in [1.165, 1.54) is 12.1 Å².